The summed E-state index contributed by atoms with van der Waals surface area (Å²) in [5.41, 5.74) is 2.11. The molecule has 2 aliphatic carbocycles. The molecule has 3 nitrogen and oxygen atoms in total. The molecule has 2 aliphatic rings. The molecule has 2 unspecified atom stereocenters. The number of carboxylic acid groups (broad SMARTS) is 1. The van der Waals surface area contributed by atoms with Gasteiger partial charge in [-0.1, -0.05) is 6.07 Å². The molecule has 0 radical (unpaired) electrons. The van der Waals surface area contributed by atoms with Crippen molar-refractivity contribution in [2.24, 2.45) is 5.92 Å². The van der Waals surface area contributed by atoms with Gasteiger partial charge < -0.3 is 10.2 Å². The summed E-state index contributed by atoms with van der Waals surface area (Å²) in [5.74, 6) is -0.700. The second-order valence-corrected chi connectivity index (χ2v) is 4.93. The van der Waals surface area contributed by atoms with E-state index in [-0.39, 0.29) is 17.1 Å². The van der Waals surface area contributed by atoms with Crippen molar-refractivity contribution in [3.8, 4) is 5.75 Å². The van der Waals surface area contributed by atoms with Gasteiger partial charge in [-0.2, -0.15) is 0 Å². The number of phenolic OH excluding ortho intramolecular Hbond substituents is 1. The molecule has 2 atom stereocenters. The maximum Gasteiger partial charge on any atom is 0.307 e. The normalized spacial score (nSPS) is 31.1. The summed E-state index contributed by atoms with van der Waals surface area (Å²) >= 11 is 0. The minimum atomic E-state index is -0.692. The van der Waals surface area contributed by atoms with Crippen molar-refractivity contribution in [2.45, 2.75) is 31.1 Å². The van der Waals surface area contributed by atoms with Gasteiger partial charge in [-0.3, -0.25) is 4.79 Å². The van der Waals surface area contributed by atoms with Crippen molar-refractivity contribution < 1.29 is 15.0 Å². The Balaban J connectivity index is 2.08. The molecule has 1 spiro atoms. The van der Waals surface area contributed by atoms with Crippen molar-refractivity contribution in [1.82, 2.24) is 0 Å². The third-order valence-electron chi connectivity index (χ3n) is 4.31. The molecular weight excluding hydrogens is 204 g/mol. The van der Waals surface area contributed by atoms with E-state index in [0.717, 1.165) is 31.2 Å². The van der Waals surface area contributed by atoms with E-state index in [4.69, 9.17) is 0 Å². The van der Waals surface area contributed by atoms with Gasteiger partial charge in [0.05, 0.1) is 5.92 Å². The molecule has 0 saturated heterocycles. The van der Waals surface area contributed by atoms with Crippen LogP contribution >= 0.6 is 0 Å². The highest BCUT2D eigenvalue weighted by Crippen LogP contribution is 2.56. The summed E-state index contributed by atoms with van der Waals surface area (Å²) in [6.07, 6.45) is 3.58. The molecule has 0 aromatic heterocycles. The Morgan fingerprint density at radius 2 is 2.19 bits per heavy atom. The molecule has 0 aliphatic heterocycles. The summed E-state index contributed by atoms with van der Waals surface area (Å²) < 4.78 is 0. The van der Waals surface area contributed by atoms with Crippen LogP contribution in [0.2, 0.25) is 0 Å². The molecule has 1 aromatic carbocycles. The number of hydrogen-bond donors (Lipinski definition) is 2. The lowest BCUT2D eigenvalue weighted by Gasteiger charge is -2.45. The predicted molar refractivity (Wildman–Crippen MR) is 58.5 cm³/mol. The van der Waals surface area contributed by atoms with E-state index in [1.807, 2.05) is 6.07 Å². The van der Waals surface area contributed by atoms with Crippen LogP contribution in [0.3, 0.4) is 0 Å². The Morgan fingerprint density at radius 1 is 1.38 bits per heavy atom. The van der Waals surface area contributed by atoms with Gasteiger partial charge in [0.15, 0.2) is 0 Å². The van der Waals surface area contributed by atoms with Crippen LogP contribution in [-0.4, -0.2) is 16.2 Å². The fourth-order valence-corrected chi connectivity index (χ4v) is 3.36. The molecule has 0 bridgehead atoms. The minimum Gasteiger partial charge on any atom is -0.508 e. The minimum absolute atomic E-state index is 0.181. The average Bonchev–Trinajstić information content (AvgIpc) is 2.55. The molecule has 1 aromatic rings. The fourth-order valence-electron chi connectivity index (χ4n) is 3.36. The Kier molecular flexibility index (Phi) is 1.82. The summed E-state index contributed by atoms with van der Waals surface area (Å²) in [4.78, 5) is 11.2. The van der Waals surface area contributed by atoms with Crippen LogP contribution in [0.1, 0.15) is 30.4 Å². The molecule has 2 N–H and O–H groups in total. The van der Waals surface area contributed by atoms with E-state index in [2.05, 4.69) is 0 Å². The van der Waals surface area contributed by atoms with Crippen molar-refractivity contribution in [1.29, 1.82) is 0 Å². The predicted octanol–water partition coefficient (Wildman–Crippen LogP) is 2.07. The number of phenols is 1. The summed E-state index contributed by atoms with van der Waals surface area (Å²) in [6, 6.07) is 5.38. The number of fused-ring (bicyclic) bond motifs is 2. The quantitative estimate of drug-likeness (QED) is 0.758. The second kappa shape index (κ2) is 3.00. The lowest BCUT2D eigenvalue weighted by atomic mass is 9.57. The molecular formula is C13H14O3. The second-order valence-electron chi connectivity index (χ2n) is 4.93. The number of hydrogen-bond acceptors (Lipinski definition) is 2. The van der Waals surface area contributed by atoms with E-state index in [9.17, 15) is 15.0 Å². The molecule has 0 heterocycles. The third-order valence-corrected chi connectivity index (χ3v) is 4.31. The number of carboxylic acids is 1. The van der Waals surface area contributed by atoms with Gasteiger partial charge in [-0.25, -0.2) is 0 Å². The van der Waals surface area contributed by atoms with Crippen LogP contribution in [-0.2, 0) is 16.6 Å². The van der Waals surface area contributed by atoms with E-state index in [1.54, 1.807) is 12.1 Å². The van der Waals surface area contributed by atoms with Crippen LogP contribution in [0.4, 0.5) is 0 Å². The molecule has 0 amide bonds. The van der Waals surface area contributed by atoms with E-state index < -0.39 is 5.97 Å². The lowest BCUT2D eigenvalue weighted by molar-refractivity contribution is -0.149. The lowest BCUT2D eigenvalue weighted by Crippen LogP contribution is -2.46. The molecule has 1 fully saturated rings. The summed E-state index contributed by atoms with van der Waals surface area (Å²) in [7, 11) is 0. The maximum absolute atomic E-state index is 11.2. The zero-order valence-corrected chi connectivity index (χ0v) is 8.94. The molecule has 3 rings (SSSR count). The maximum atomic E-state index is 11.2. The van der Waals surface area contributed by atoms with Gasteiger partial charge in [0, 0.05) is 5.41 Å². The Labute approximate surface area is 93.7 Å². The summed E-state index contributed by atoms with van der Waals surface area (Å²) in [6.45, 7) is 0. The van der Waals surface area contributed by atoms with Crippen molar-refractivity contribution in [3.63, 3.8) is 0 Å². The third kappa shape index (κ3) is 1.06. The standard InChI is InChI=1S/C13H14O3/c14-9-2-1-8-3-5-13(11(8)7-9)6-4-10(13)12(15)16/h1-2,7,10,14H,3-6H2,(H,15,16). The smallest absolute Gasteiger partial charge is 0.307 e. The van der Waals surface area contributed by atoms with Gasteiger partial charge in [-0.15, -0.1) is 0 Å². The van der Waals surface area contributed by atoms with E-state index in [1.165, 1.54) is 5.56 Å². The fraction of sp³-hybridized carbons (Fsp3) is 0.462. The Morgan fingerprint density at radius 3 is 2.81 bits per heavy atom. The van der Waals surface area contributed by atoms with Crippen molar-refractivity contribution in [2.75, 3.05) is 0 Å². The van der Waals surface area contributed by atoms with Crippen LogP contribution in [0, 0.1) is 5.92 Å². The number of carbonyl (C=O) groups is 1. The van der Waals surface area contributed by atoms with Crippen molar-refractivity contribution >= 4 is 5.97 Å². The van der Waals surface area contributed by atoms with Crippen LogP contribution < -0.4 is 0 Å². The molecule has 3 heteroatoms. The number of aliphatic carboxylic acids is 1. The first kappa shape index (κ1) is 9.70. The first-order chi connectivity index (χ1) is 7.63. The first-order valence-corrected chi connectivity index (χ1v) is 5.69. The average molecular weight is 218 g/mol. The SMILES string of the molecule is O=C(O)C1CCC12CCc1ccc(O)cc12. The summed E-state index contributed by atoms with van der Waals surface area (Å²) in [5, 5.41) is 18.7. The number of benzene rings is 1. The van der Waals surface area contributed by atoms with Crippen molar-refractivity contribution in [3.05, 3.63) is 29.3 Å². The van der Waals surface area contributed by atoms with E-state index in [0.29, 0.717) is 0 Å². The highest BCUT2D eigenvalue weighted by atomic mass is 16.4. The van der Waals surface area contributed by atoms with Crippen LogP contribution in [0.15, 0.2) is 18.2 Å². The monoisotopic (exact) mass is 218 g/mol. The number of rotatable bonds is 1. The highest BCUT2D eigenvalue weighted by molar-refractivity contribution is 5.75. The first-order valence-electron chi connectivity index (χ1n) is 5.69. The molecule has 84 valence electrons. The van der Waals surface area contributed by atoms with Gasteiger partial charge in [0.1, 0.15) is 5.75 Å². The number of aromatic hydroxyl groups is 1. The largest absolute Gasteiger partial charge is 0.508 e. The molecule has 1 saturated carbocycles. The van der Waals surface area contributed by atoms with Crippen LogP contribution in [0.25, 0.3) is 0 Å². The van der Waals surface area contributed by atoms with Crippen LogP contribution in [0.5, 0.6) is 5.75 Å². The van der Waals surface area contributed by atoms with Gasteiger partial charge in [-0.05, 0) is 48.9 Å². The topological polar surface area (TPSA) is 57.5 Å². The highest BCUT2D eigenvalue weighted by Gasteiger charge is 2.54. The number of aryl methyl sites for hydroxylation is 1. The zero-order valence-electron chi connectivity index (χ0n) is 8.94. The Bertz CT molecular complexity index is 466. The van der Waals surface area contributed by atoms with E-state index >= 15 is 0 Å². The van der Waals surface area contributed by atoms with Gasteiger partial charge in [0.2, 0.25) is 0 Å². The molecule has 16 heavy (non-hydrogen) atoms. The Hall–Kier alpha value is -1.51. The van der Waals surface area contributed by atoms with Gasteiger partial charge >= 0.3 is 5.97 Å². The van der Waals surface area contributed by atoms with Gasteiger partial charge in [0.25, 0.3) is 0 Å². The zero-order chi connectivity index (χ0) is 11.3.